The summed E-state index contributed by atoms with van der Waals surface area (Å²) < 4.78 is 1.62. The third kappa shape index (κ3) is 1.21. The standard InChI is InChI=1S/C6H8N4O/c1-2-6(8-11-5-1)10-4-3-7-9-10/h3-4H,1-2,5H2. The summed E-state index contributed by atoms with van der Waals surface area (Å²) in [5.41, 5.74) is 0. The zero-order chi connectivity index (χ0) is 7.52. The molecule has 0 aromatic carbocycles. The Labute approximate surface area is 63.6 Å². The lowest BCUT2D eigenvalue weighted by atomic mass is 10.3. The molecule has 11 heavy (non-hydrogen) atoms. The lowest BCUT2D eigenvalue weighted by Crippen LogP contribution is -2.17. The van der Waals surface area contributed by atoms with Gasteiger partial charge in [0, 0.05) is 6.42 Å². The second-order valence-electron chi connectivity index (χ2n) is 2.29. The molecule has 58 valence electrons. The van der Waals surface area contributed by atoms with Crippen molar-refractivity contribution < 1.29 is 4.84 Å². The Kier molecular flexibility index (Phi) is 1.55. The predicted octanol–water partition coefficient (Wildman–Crippen LogP) is 0.250. The van der Waals surface area contributed by atoms with E-state index in [0.29, 0.717) is 6.61 Å². The first-order valence-corrected chi connectivity index (χ1v) is 3.52. The van der Waals surface area contributed by atoms with Crippen molar-refractivity contribution in [2.75, 3.05) is 6.61 Å². The summed E-state index contributed by atoms with van der Waals surface area (Å²) in [7, 11) is 0. The molecule has 0 amide bonds. The average molecular weight is 152 g/mol. The fourth-order valence-corrected chi connectivity index (χ4v) is 0.963. The van der Waals surface area contributed by atoms with Gasteiger partial charge in [-0.15, -0.1) is 5.10 Å². The van der Waals surface area contributed by atoms with Crippen molar-refractivity contribution in [3.8, 4) is 0 Å². The predicted molar refractivity (Wildman–Crippen MR) is 38.0 cm³/mol. The highest BCUT2D eigenvalue weighted by Gasteiger charge is 2.08. The van der Waals surface area contributed by atoms with E-state index < -0.39 is 0 Å². The molecular weight excluding hydrogens is 144 g/mol. The monoisotopic (exact) mass is 152 g/mol. The first kappa shape index (κ1) is 6.33. The van der Waals surface area contributed by atoms with Gasteiger partial charge in [0.25, 0.3) is 0 Å². The third-order valence-corrected chi connectivity index (χ3v) is 1.49. The number of rotatable bonds is 0. The van der Waals surface area contributed by atoms with Gasteiger partial charge in [-0.1, -0.05) is 10.4 Å². The third-order valence-electron chi connectivity index (χ3n) is 1.49. The van der Waals surface area contributed by atoms with Crippen LogP contribution in [-0.2, 0) is 4.84 Å². The summed E-state index contributed by atoms with van der Waals surface area (Å²) in [6, 6.07) is 0. The van der Waals surface area contributed by atoms with Crippen LogP contribution in [0.3, 0.4) is 0 Å². The lowest BCUT2D eigenvalue weighted by Gasteiger charge is -2.09. The topological polar surface area (TPSA) is 52.3 Å². The van der Waals surface area contributed by atoms with Crippen LogP contribution in [0.5, 0.6) is 0 Å². The van der Waals surface area contributed by atoms with E-state index in [9.17, 15) is 0 Å². The van der Waals surface area contributed by atoms with Crippen molar-refractivity contribution in [3.63, 3.8) is 0 Å². The number of oxime groups is 1. The van der Waals surface area contributed by atoms with Crippen LogP contribution in [0.2, 0.25) is 0 Å². The second kappa shape index (κ2) is 2.69. The zero-order valence-corrected chi connectivity index (χ0v) is 5.97. The van der Waals surface area contributed by atoms with Gasteiger partial charge >= 0.3 is 0 Å². The van der Waals surface area contributed by atoms with Crippen LogP contribution in [0, 0.1) is 0 Å². The second-order valence-corrected chi connectivity index (χ2v) is 2.29. The van der Waals surface area contributed by atoms with E-state index in [4.69, 9.17) is 4.84 Å². The van der Waals surface area contributed by atoms with Crippen molar-refractivity contribution in [1.82, 2.24) is 15.0 Å². The molecule has 0 spiro atoms. The van der Waals surface area contributed by atoms with Gasteiger partial charge in [-0.3, -0.25) is 0 Å². The smallest absolute Gasteiger partial charge is 0.170 e. The molecule has 1 aliphatic rings. The first-order valence-electron chi connectivity index (χ1n) is 3.52. The average Bonchev–Trinajstić information content (AvgIpc) is 2.58. The summed E-state index contributed by atoms with van der Waals surface area (Å²) >= 11 is 0. The molecule has 2 heterocycles. The molecular formula is C6H8N4O. The highest BCUT2D eigenvalue weighted by Crippen LogP contribution is 2.03. The van der Waals surface area contributed by atoms with Gasteiger partial charge in [0.05, 0.1) is 12.4 Å². The van der Waals surface area contributed by atoms with E-state index >= 15 is 0 Å². The normalized spacial score (nSPS) is 17.3. The quantitative estimate of drug-likeness (QED) is 0.535. The maximum atomic E-state index is 4.91. The zero-order valence-electron chi connectivity index (χ0n) is 5.97. The van der Waals surface area contributed by atoms with Gasteiger partial charge in [-0.05, 0) is 6.42 Å². The molecule has 1 aromatic heterocycles. The van der Waals surface area contributed by atoms with Crippen molar-refractivity contribution >= 4 is 5.84 Å². The molecule has 5 heteroatoms. The Bertz CT molecular complexity index is 254. The van der Waals surface area contributed by atoms with E-state index in [0.717, 1.165) is 18.7 Å². The number of nitrogens with zero attached hydrogens (tertiary/aromatic N) is 4. The Hall–Kier alpha value is -1.39. The molecule has 1 aliphatic heterocycles. The van der Waals surface area contributed by atoms with Gasteiger partial charge in [-0.25, -0.2) is 4.68 Å². The van der Waals surface area contributed by atoms with Crippen LogP contribution < -0.4 is 0 Å². The Morgan fingerprint density at radius 3 is 3.18 bits per heavy atom. The SMILES string of the molecule is c1cn(C2=NOCCC2)nn1. The molecule has 0 atom stereocenters. The van der Waals surface area contributed by atoms with Crippen LogP contribution in [-0.4, -0.2) is 27.4 Å². The van der Waals surface area contributed by atoms with Crippen molar-refractivity contribution in [2.24, 2.45) is 5.16 Å². The van der Waals surface area contributed by atoms with E-state index in [1.54, 1.807) is 17.1 Å². The fourth-order valence-electron chi connectivity index (χ4n) is 0.963. The van der Waals surface area contributed by atoms with E-state index in [-0.39, 0.29) is 0 Å². The van der Waals surface area contributed by atoms with E-state index in [1.807, 2.05) is 0 Å². The summed E-state index contributed by atoms with van der Waals surface area (Å²) in [5.74, 6) is 0.828. The molecule has 0 saturated heterocycles. The van der Waals surface area contributed by atoms with Gasteiger partial charge < -0.3 is 4.84 Å². The molecule has 1 aromatic rings. The minimum atomic E-state index is 0.707. The van der Waals surface area contributed by atoms with Crippen molar-refractivity contribution in [3.05, 3.63) is 12.4 Å². The van der Waals surface area contributed by atoms with E-state index in [1.165, 1.54) is 0 Å². The van der Waals surface area contributed by atoms with E-state index in [2.05, 4.69) is 15.5 Å². The minimum Gasteiger partial charge on any atom is -0.394 e. The van der Waals surface area contributed by atoms with Crippen LogP contribution in [0.25, 0.3) is 0 Å². The highest BCUT2D eigenvalue weighted by atomic mass is 16.6. The molecule has 0 bridgehead atoms. The number of aromatic nitrogens is 3. The number of hydrogen-bond donors (Lipinski definition) is 0. The summed E-state index contributed by atoms with van der Waals surface area (Å²) in [4.78, 5) is 4.91. The van der Waals surface area contributed by atoms with Crippen LogP contribution in [0.15, 0.2) is 17.5 Å². The Balaban J connectivity index is 2.22. The van der Waals surface area contributed by atoms with Gasteiger partial charge in [0.1, 0.15) is 6.61 Å². The maximum absolute atomic E-state index is 4.91. The largest absolute Gasteiger partial charge is 0.394 e. The highest BCUT2D eigenvalue weighted by molar-refractivity contribution is 5.83. The van der Waals surface area contributed by atoms with Gasteiger partial charge in [0.2, 0.25) is 0 Å². The molecule has 0 unspecified atom stereocenters. The van der Waals surface area contributed by atoms with Crippen molar-refractivity contribution in [1.29, 1.82) is 0 Å². The molecule has 0 aliphatic carbocycles. The molecule has 0 radical (unpaired) electrons. The minimum absolute atomic E-state index is 0.707. The number of hydrogen-bond acceptors (Lipinski definition) is 4. The maximum Gasteiger partial charge on any atom is 0.170 e. The first-order chi connectivity index (χ1) is 5.47. The molecule has 5 nitrogen and oxygen atoms in total. The fraction of sp³-hybridized carbons (Fsp3) is 0.500. The van der Waals surface area contributed by atoms with Crippen molar-refractivity contribution in [2.45, 2.75) is 12.8 Å². The van der Waals surface area contributed by atoms with Gasteiger partial charge in [0.15, 0.2) is 5.84 Å². The lowest BCUT2D eigenvalue weighted by molar-refractivity contribution is 0.129. The molecule has 0 saturated carbocycles. The summed E-state index contributed by atoms with van der Waals surface area (Å²) in [5, 5.41) is 11.3. The van der Waals surface area contributed by atoms with Crippen LogP contribution in [0.4, 0.5) is 0 Å². The Morgan fingerprint density at radius 1 is 1.55 bits per heavy atom. The summed E-state index contributed by atoms with van der Waals surface area (Å²) in [6.07, 6.45) is 5.28. The summed E-state index contributed by atoms with van der Waals surface area (Å²) in [6.45, 7) is 0.707. The van der Waals surface area contributed by atoms with Crippen LogP contribution >= 0.6 is 0 Å². The molecule has 0 fully saturated rings. The van der Waals surface area contributed by atoms with Crippen LogP contribution in [0.1, 0.15) is 12.8 Å². The molecule has 0 N–H and O–H groups in total. The Morgan fingerprint density at radius 2 is 2.55 bits per heavy atom. The van der Waals surface area contributed by atoms with Gasteiger partial charge in [-0.2, -0.15) is 0 Å². The molecule has 2 rings (SSSR count).